The smallest absolute Gasteiger partial charge is 0.188 e. The van der Waals surface area contributed by atoms with Gasteiger partial charge < -0.3 is 15.8 Å². The summed E-state index contributed by atoms with van der Waals surface area (Å²) in [7, 11) is 0. The van der Waals surface area contributed by atoms with E-state index < -0.39 is 0 Å². The molecule has 0 amide bonds. The van der Waals surface area contributed by atoms with Gasteiger partial charge in [0.15, 0.2) is 5.96 Å². The normalized spacial score (nSPS) is 18.8. The van der Waals surface area contributed by atoms with Crippen molar-refractivity contribution in [1.29, 1.82) is 0 Å². The first-order valence-electron chi connectivity index (χ1n) is 8.08. The fourth-order valence-corrected chi connectivity index (χ4v) is 2.79. The van der Waals surface area contributed by atoms with Crippen LogP contribution >= 0.6 is 0 Å². The van der Waals surface area contributed by atoms with Gasteiger partial charge in [-0.1, -0.05) is 38.8 Å². The topological polar surface area (TPSA) is 62.9 Å². The van der Waals surface area contributed by atoms with Crippen LogP contribution in [-0.4, -0.2) is 56.3 Å². The molecule has 1 heterocycles. The van der Waals surface area contributed by atoms with Crippen LogP contribution < -0.4 is 11.1 Å². The Bertz CT molecular complexity index is 333. The highest BCUT2D eigenvalue weighted by atomic mass is 16.5. The molecule has 1 atom stereocenters. The average molecular weight is 296 g/mol. The Labute approximate surface area is 129 Å². The molecule has 0 aromatic carbocycles. The summed E-state index contributed by atoms with van der Waals surface area (Å²) in [6.45, 7) is 15.4. The van der Waals surface area contributed by atoms with Gasteiger partial charge in [-0.2, -0.15) is 0 Å². The minimum Gasteiger partial charge on any atom is -0.379 e. The van der Waals surface area contributed by atoms with Gasteiger partial charge in [0.25, 0.3) is 0 Å². The molecule has 0 radical (unpaired) electrons. The van der Waals surface area contributed by atoms with Crippen molar-refractivity contribution in [2.45, 2.75) is 39.7 Å². The minimum absolute atomic E-state index is 0.453. The third-order valence-corrected chi connectivity index (χ3v) is 4.13. The SMILES string of the molecule is C=C(C)CNC(N)=NCC(C(CC)CC)N1CCOCC1. The summed E-state index contributed by atoms with van der Waals surface area (Å²) in [5.74, 6) is 1.17. The lowest BCUT2D eigenvalue weighted by molar-refractivity contribution is 0.00396. The molecule has 0 spiro atoms. The summed E-state index contributed by atoms with van der Waals surface area (Å²) in [6, 6.07) is 0.453. The van der Waals surface area contributed by atoms with E-state index in [1.807, 2.05) is 6.92 Å². The van der Waals surface area contributed by atoms with E-state index in [-0.39, 0.29) is 0 Å². The Kier molecular flexibility index (Phi) is 8.38. The molecule has 1 aliphatic rings. The molecule has 3 N–H and O–H groups in total. The number of hydrogen-bond acceptors (Lipinski definition) is 3. The molecule has 1 unspecified atom stereocenters. The van der Waals surface area contributed by atoms with Crippen LogP contribution in [0.15, 0.2) is 17.1 Å². The number of rotatable bonds is 8. The van der Waals surface area contributed by atoms with Crippen LogP contribution in [0.5, 0.6) is 0 Å². The number of aliphatic imine (C=N–C) groups is 1. The highest BCUT2D eigenvalue weighted by Crippen LogP contribution is 2.20. The van der Waals surface area contributed by atoms with Crippen LogP contribution in [0.4, 0.5) is 0 Å². The summed E-state index contributed by atoms with van der Waals surface area (Å²) in [5, 5.41) is 3.10. The zero-order valence-electron chi connectivity index (χ0n) is 13.9. The third kappa shape index (κ3) is 6.48. The van der Waals surface area contributed by atoms with Crippen molar-refractivity contribution in [2.24, 2.45) is 16.6 Å². The van der Waals surface area contributed by atoms with Crippen molar-refractivity contribution in [3.8, 4) is 0 Å². The van der Waals surface area contributed by atoms with E-state index in [2.05, 4.69) is 35.6 Å². The molecule has 21 heavy (non-hydrogen) atoms. The molecule has 0 aliphatic carbocycles. The van der Waals surface area contributed by atoms with E-state index >= 15 is 0 Å². The van der Waals surface area contributed by atoms with Gasteiger partial charge in [0, 0.05) is 25.7 Å². The lowest BCUT2D eigenvalue weighted by Crippen LogP contribution is -2.49. The number of hydrogen-bond donors (Lipinski definition) is 2. The van der Waals surface area contributed by atoms with E-state index in [4.69, 9.17) is 10.5 Å². The molecule has 1 fully saturated rings. The maximum atomic E-state index is 5.94. The van der Waals surface area contributed by atoms with Crippen molar-refractivity contribution >= 4 is 5.96 Å². The van der Waals surface area contributed by atoms with E-state index in [0.717, 1.165) is 38.4 Å². The molecule has 0 bridgehead atoms. The van der Waals surface area contributed by atoms with Crippen LogP contribution in [0.3, 0.4) is 0 Å². The number of nitrogens with one attached hydrogen (secondary N) is 1. The lowest BCUT2D eigenvalue weighted by atomic mass is 9.92. The number of morpholine rings is 1. The second kappa shape index (κ2) is 9.79. The summed E-state index contributed by atoms with van der Waals surface area (Å²) in [6.07, 6.45) is 2.35. The Morgan fingerprint density at radius 3 is 2.48 bits per heavy atom. The molecule has 0 aromatic rings. The highest BCUT2D eigenvalue weighted by molar-refractivity contribution is 5.78. The van der Waals surface area contributed by atoms with Crippen LogP contribution in [0.25, 0.3) is 0 Å². The molecule has 1 aliphatic heterocycles. The third-order valence-electron chi connectivity index (χ3n) is 4.13. The lowest BCUT2D eigenvalue weighted by Gasteiger charge is -2.38. The van der Waals surface area contributed by atoms with Gasteiger partial charge in [-0.3, -0.25) is 9.89 Å². The van der Waals surface area contributed by atoms with Crippen molar-refractivity contribution in [2.75, 3.05) is 39.4 Å². The number of ether oxygens (including phenoxy) is 1. The molecule has 5 nitrogen and oxygen atoms in total. The minimum atomic E-state index is 0.453. The second-order valence-electron chi connectivity index (χ2n) is 5.83. The van der Waals surface area contributed by atoms with Crippen molar-refractivity contribution in [3.63, 3.8) is 0 Å². The summed E-state index contributed by atoms with van der Waals surface area (Å²) in [4.78, 5) is 7.06. The van der Waals surface area contributed by atoms with E-state index in [9.17, 15) is 0 Å². The van der Waals surface area contributed by atoms with E-state index in [0.29, 0.717) is 24.5 Å². The molecular formula is C16H32N4O. The first-order chi connectivity index (χ1) is 10.1. The fraction of sp³-hybridized carbons (Fsp3) is 0.812. The predicted molar refractivity (Wildman–Crippen MR) is 89.6 cm³/mol. The second-order valence-corrected chi connectivity index (χ2v) is 5.83. The maximum Gasteiger partial charge on any atom is 0.188 e. The van der Waals surface area contributed by atoms with Gasteiger partial charge >= 0.3 is 0 Å². The van der Waals surface area contributed by atoms with Crippen molar-refractivity contribution in [1.82, 2.24) is 10.2 Å². The Hall–Kier alpha value is -1.07. The Balaban J connectivity index is 2.63. The first kappa shape index (κ1) is 18.0. The molecule has 5 heteroatoms. The quantitative estimate of drug-likeness (QED) is 0.406. The van der Waals surface area contributed by atoms with Crippen molar-refractivity contribution in [3.05, 3.63) is 12.2 Å². The Morgan fingerprint density at radius 1 is 1.33 bits per heavy atom. The van der Waals surface area contributed by atoms with E-state index in [1.165, 1.54) is 12.8 Å². The zero-order valence-corrected chi connectivity index (χ0v) is 13.9. The van der Waals surface area contributed by atoms with Gasteiger partial charge in [0.05, 0.1) is 19.8 Å². The first-order valence-corrected chi connectivity index (χ1v) is 8.08. The molecule has 0 saturated carbocycles. The monoisotopic (exact) mass is 296 g/mol. The molecule has 1 rings (SSSR count). The van der Waals surface area contributed by atoms with Gasteiger partial charge in [0.2, 0.25) is 0 Å². The van der Waals surface area contributed by atoms with Gasteiger partial charge in [0.1, 0.15) is 0 Å². The van der Waals surface area contributed by atoms with Gasteiger partial charge in [-0.15, -0.1) is 0 Å². The fourth-order valence-electron chi connectivity index (χ4n) is 2.79. The van der Waals surface area contributed by atoms with Crippen molar-refractivity contribution < 1.29 is 4.74 Å². The largest absolute Gasteiger partial charge is 0.379 e. The molecular weight excluding hydrogens is 264 g/mol. The van der Waals surface area contributed by atoms with Crippen LogP contribution in [0, 0.1) is 5.92 Å². The highest BCUT2D eigenvalue weighted by Gasteiger charge is 2.26. The standard InChI is InChI=1S/C16H32N4O/c1-5-14(6-2)15(20-7-9-21-10-8-20)12-19-16(17)18-11-13(3)4/h14-15H,3,5-12H2,1-2,4H3,(H3,17,18,19). The molecule has 1 saturated heterocycles. The number of nitrogens with zero attached hydrogens (tertiary/aromatic N) is 2. The van der Waals surface area contributed by atoms with Crippen LogP contribution in [0.1, 0.15) is 33.6 Å². The summed E-state index contributed by atoms with van der Waals surface area (Å²) >= 11 is 0. The van der Waals surface area contributed by atoms with Crippen LogP contribution in [-0.2, 0) is 4.74 Å². The number of nitrogens with two attached hydrogens (primary N) is 1. The number of guanidine groups is 1. The molecule has 0 aromatic heterocycles. The predicted octanol–water partition coefficient (Wildman–Crippen LogP) is 1.60. The summed E-state index contributed by atoms with van der Waals surface area (Å²) in [5.41, 5.74) is 6.99. The van der Waals surface area contributed by atoms with E-state index in [1.54, 1.807) is 0 Å². The Morgan fingerprint density at radius 2 is 1.95 bits per heavy atom. The maximum absolute atomic E-state index is 5.94. The van der Waals surface area contributed by atoms with Gasteiger partial charge in [-0.25, -0.2) is 0 Å². The molecule has 122 valence electrons. The van der Waals surface area contributed by atoms with Gasteiger partial charge in [-0.05, 0) is 12.8 Å². The average Bonchev–Trinajstić information content (AvgIpc) is 2.50. The van der Waals surface area contributed by atoms with Crippen LogP contribution in [0.2, 0.25) is 0 Å². The summed E-state index contributed by atoms with van der Waals surface area (Å²) < 4.78 is 5.46. The zero-order chi connectivity index (χ0) is 15.7.